The van der Waals surface area contributed by atoms with Crippen LogP contribution in [0.4, 0.5) is 14.1 Å². The van der Waals surface area contributed by atoms with Crippen molar-refractivity contribution in [1.82, 2.24) is 0 Å². The lowest BCUT2D eigenvalue weighted by Gasteiger charge is -2.21. The molecule has 0 unspecified atom stereocenters. The van der Waals surface area contributed by atoms with E-state index in [0.29, 0.717) is 0 Å². The molecule has 0 N–H and O–H groups in total. The molecule has 42 heavy (non-hydrogen) atoms. The maximum atomic E-state index is 4.45. The summed E-state index contributed by atoms with van der Waals surface area (Å²) in [4.78, 5) is 3.36. The van der Waals surface area contributed by atoms with Crippen LogP contribution in [0.3, 0.4) is 0 Å². The lowest BCUT2D eigenvalue weighted by atomic mass is 9.85. The third-order valence-electron chi connectivity index (χ3n) is 7.07. The molecule has 0 fully saturated rings. The van der Waals surface area contributed by atoms with E-state index in [2.05, 4.69) is 178 Å². The zero-order valence-corrected chi connectivity index (χ0v) is 31.2. The maximum absolute atomic E-state index is 4.45. The minimum Gasteiger partial charge on any atom is -0.269 e. The van der Waals surface area contributed by atoms with Crippen molar-refractivity contribution in [1.29, 1.82) is 0 Å². The van der Waals surface area contributed by atoms with Gasteiger partial charge in [0.1, 0.15) is 0 Å². The van der Waals surface area contributed by atoms with E-state index >= 15 is 0 Å². The molecule has 0 heterocycles. The highest BCUT2D eigenvalue weighted by molar-refractivity contribution is 7.80. The lowest BCUT2D eigenvalue weighted by Crippen LogP contribution is -2.11. The van der Waals surface area contributed by atoms with Gasteiger partial charge in [-0.15, -0.1) is 37.9 Å². The van der Waals surface area contributed by atoms with Crippen LogP contribution < -0.4 is 0 Å². The zero-order chi connectivity index (χ0) is 30.7. The summed E-state index contributed by atoms with van der Waals surface area (Å²) in [6.07, 6.45) is 0. The Hall–Kier alpha value is -1.50. The fraction of sp³-hybridized carbons (Fsp3) is 0.500. The predicted octanol–water partition coefficient (Wildman–Crippen LogP) is 12.1. The Bertz CT molecular complexity index is 1060. The van der Waals surface area contributed by atoms with Gasteiger partial charge in [0, 0.05) is 14.7 Å². The van der Waals surface area contributed by atoms with Crippen molar-refractivity contribution < 1.29 is 14.1 Å². The molecule has 0 saturated heterocycles. The van der Waals surface area contributed by atoms with Crippen LogP contribution in [0.25, 0.3) is 0 Å². The van der Waals surface area contributed by atoms with Crippen molar-refractivity contribution in [3.63, 3.8) is 0 Å². The Morgan fingerprint density at radius 2 is 0.452 bits per heavy atom. The van der Waals surface area contributed by atoms with Crippen molar-refractivity contribution >= 4 is 37.9 Å². The highest BCUT2D eigenvalue weighted by Crippen LogP contribution is 2.30. The maximum Gasteiger partial charge on any atom is 0.00987 e. The molecule has 240 valence electrons. The molecule has 0 aliphatic carbocycles. The predicted molar refractivity (Wildman–Crippen MR) is 193 cm³/mol. The molecule has 0 aliphatic rings. The number of aryl methyl sites for hydroxylation is 6. The van der Waals surface area contributed by atoms with Crippen molar-refractivity contribution in [3.8, 4) is 0 Å². The fourth-order valence-corrected chi connectivity index (χ4v) is 4.55. The molecule has 0 aromatic heterocycles. The summed E-state index contributed by atoms with van der Waals surface area (Å²) in [6.45, 7) is 32.8. The van der Waals surface area contributed by atoms with E-state index in [0.717, 1.165) is 14.7 Å². The number of halogens is 3. The van der Waals surface area contributed by atoms with E-state index in [4.69, 9.17) is 0 Å². The third-order valence-corrected chi connectivity index (χ3v) is 9.19. The number of hydrogen-bond acceptors (Lipinski definition) is 3. The summed E-state index contributed by atoms with van der Waals surface area (Å²) in [7, 11) is 0. The summed E-state index contributed by atoms with van der Waals surface area (Å²) < 4.78 is 0. The van der Waals surface area contributed by atoms with Gasteiger partial charge in [0.2, 0.25) is 0 Å². The highest BCUT2D eigenvalue weighted by atomic mass is 32.1. The quantitative estimate of drug-likeness (QED) is 0.200. The molecule has 3 aromatic carbocycles. The van der Waals surface area contributed by atoms with E-state index in [-0.39, 0.29) is 30.4 Å². The molecule has 6 heteroatoms. The largest absolute Gasteiger partial charge is 0.269 e. The van der Waals surface area contributed by atoms with Gasteiger partial charge in [-0.1, -0.05) is 98.7 Å². The minimum atomic E-state index is 0. The Morgan fingerprint density at radius 1 is 0.333 bits per heavy atom. The molecule has 0 saturated carbocycles. The average Bonchev–Trinajstić information content (AvgIpc) is 2.77. The normalized spacial score (nSPS) is 11.0. The van der Waals surface area contributed by atoms with Gasteiger partial charge in [-0.2, -0.15) is 0 Å². The minimum absolute atomic E-state index is 0. The summed E-state index contributed by atoms with van der Waals surface area (Å²) >= 11 is 13.4. The highest BCUT2D eigenvalue weighted by Gasteiger charge is 2.17. The molecule has 0 bridgehead atoms. The molecule has 0 aliphatic heterocycles. The zero-order valence-electron chi connectivity index (χ0n) is 28.5. The standard InChI is InChI=1S/3C12H18S.3FH/c3*1-8-6-10(12(3,4)5)7-9(2)11(8)13;;;/h3*6-7,13H,1-5H3;3*1H. The summed E-state index contributed by atoms with van der Waals surface area (Å²) in [5.74, 6) is 0. The molecule has 0 atom stereocenters. The average molecular weight is 643 g/mol. The Morgan fingerprint density at radius 3 is 0.548 bits per heavy atom. The van der Waals surface area contributed by atoms with Crippen LogP contribution in [-0.2, 0) is 16.2 Å². The van der Waals surface area contributed by atoms with Crippen molar-refractivity contribution in [2.75, 3.05) is 0 Å². The molecular weight excluding hydrogens is 586 g/mol. The summed E-state index contributed by atoms with van der Waals surface area (Å²) in [5, 5.41) is 0. The van der Waals surface area contributed by atoms with E-state index in [1.807, 2.05) is 0 Å². The van der Waals surface area contributed by atoms with Crippen LogP contribution >= 0.6 is 37.9 Å². The molecule has 0 radical (unpaired) electrons. The number of hydrogen-bond donors (Lipinski definition) is 3. The molecule has 0 nitrogen and oxygen atoms in total. The first-order valence-corrected chi connectivity index (χ1v) is 15.2. The second-order valence-electron chi connectivity index (χ2n) is 14.1. The van der Waals surface area contributed by atoms with Crippen molar-refractivity contribution in [2.45, 2.75) is 135 Å². The van der Waals surface area contributed by atoms with Gasteiger partial charge < -0.3 is 0 Å². The van der Waals surface area contributed by atoms with Crippen LogP contribution in [0.15, 0.2) is 51.1 Å². The smallest absolute Gasteiger partial charge is 0.00987 e. The first-order valence-electron chi connectivity index (χ1n) is 13.9. The Balaban J connectivity index is -0.000000524. The van der Waals surface area contributed by atoms with Gasteiger partial charge in [-0.3, -0.25) is 14.1 Å². The summed E-state index contributed by atoms with van der Waals surface area (Å²) in [5.41, 5.74) is 12.5. The molecule has 3 aromatic rings. The Labute approximate surface area is 272 Å². The van der Waals surface area contributed by atoms with Crippen molar-refractivity contribution in [3.05, 3.63) is 86.5 Å². The van der Waals surface area contributed by atoms with E-state index in [1.165, 1.54) is 50.1 Å². The topological polar surface area (TPSA) is 0 Å². The monoisotopic (exact) mass is 642 g/mol. The fourth-order valence-electron chi connectivity index (χ4n) is 4.17. The van der Waals surface area contributed by atoms with Crippen LogP contribution in [0.5, 0.6) is 0 Å². The number of benzene rings is 3. The second kappa shape index (κ2) is 17.1. The molecular formula is C36H57F3S3. The van der Waals surface area contributed by atoms with E-state index in [9.17, 15) is 0 Å². The number of thiol groups is 3. The first kappa shape index (κ1) is 44.9. The van der Waals surface area contributed by atoms with E-state index in [1.54, 1.807) is 0 Å². The van der Waals surface area contributed by atoms with Gasteiger partial charge in [-0.25, -0.2) is 0 Å². The third kappa shape index (κ3) is 13.0. The van der Waals surface area contributed by atoms with Gasteiger partial charge in [0.05, 0.1) is 0 Å². The Kier molecular flexibility index (Phi) is 18.3. The van der Waals surface area contributed by atoms with Gasteiger partial charge in [-0.05, 0) is 108 Å². The van der Waals surface area contributed by atoms with Gasteiger partial charge in [0.15, 0.2) is 0 Å². The first-order chi connectivity index (χ1) is 17.5. The van der Waals surface area contributed by atoms with E-state index < -0.39 is 0 Å². The van der Waals surface area contributed by atoms with Crippen LogP contribution in [0, 0.1) is 41.5 Å². The van der Waals surface area contributed by atoms with Gasteiger partial charge >= 0.3 is 0 Å². The molecule has 0 spiro atoms. The summed E-state index contributed by atoms with van der Waals surface area (Å²) in [6, 6.07) is 13.4. The van der Waals surface area contributed by atoms with Crippen molar-refractivity contribution in [2.24, 2.45) is 0 Å². The van der Waals surface area contributed by atoms with Crippen LogP contribution in [0.2, 0.25) is 0 Å². The van der Waals surface area contributed by atoms with Gasteiger partial charge in [0.25, 0.3) is 0 Å². The molecule has 3 rings (SSSR count). The lowest BCUT2D eigenvalue weighted by molar-refractivity contribution is 0.588. The number of rotatable bonds is 0. The second-order valence-corrected chi connectivity index (χ2v) is 15.5. The van der Waals surface area contributed by atoms with Crippen LogP contribution in [-0.4, -0.2) is 0 Å². The molecule has 0 amide bonds. The SMILES string of the molecule is Cc1cc(C(C)(C)C)cc(C)c1S.Cc1cc(C(C)(C)C)cc(C)c1S.Cc1cc(C(C)(C)C)cc(C)c1S.F.F.F. The van der Waals surface area contributed by atoms with Crippen LogP contribution in [0.1, 0.15) is 112 Å².